The smallest absolute Gasteiger partial charge is 0.0985 e. The topological polar surface area (TPSA) is 18.5 Å². The molecule has 0 unspecified atom stereocenters. The largest absolute Gasteiger partial charge is 0.230 e. The summed E-state index contributed by atoms with van der Waals surface area (Å²) in [6.45, 7) is 15.4. The average Bonchev–Trinajstić information content (AvgIpc) is 2.02. The molecule has 96 valence electrons. The molecular weight excluding hydrogens is 200 g/mol. The molecule has 16 heavy (non-hydrogen) atoms. The summed E-state index contributed by atoms with van der Waals surface area (Å²) < 4.78 is 0. The molecule has 2 nitrogen and oxygen atoms in total. The van der Waals surface area contributed by atoms with Gasteiger partial charge in [0.15, 0.2) is 0 Å². The standard InChI is InChI=1S/C14H28O2/c1-11(2)8-14(7)9-12(3,4)15-16-13(5,6)10-14/h11H,8-10H2,1-7H3. The monoisotopic (exact) mass is 228 g/mol. The van der Waals surface area contributed by atoms with Gasteiger partial charge in [-0.1, -0.05) is 20.8 Å². The van der Waals surface area contributed by atoms with Crippen molar-refractivity contribution in [1.82, 2.24) is 0 Å². The van der Waals surface area contributed by atoms with E-state index in [2.05, 4.69) is 48.5 Å². The summed E-state index contributed by atoms with van der Waals surface area (Å²) in [4.78, 5) is 11.2. The van der Waals surface area contributed by atoms with Crippen LogP contribution in [0.15, 0.2) is 0 Å². The van der Waals surface area contributed by atoms with Crippen molar-refractivity contribution in [2.75, 3.05) is 0 Å². The van der Waals surface area contributed by atoms with Crippen LogP contribution in [0.1, 0.15) is 67.7 Å². The van der Waals surface area contributed by atoms with Crippen LogP contribution < -0.4 is 0 Å². The van der Waals surface area contributed by atoms with Gasteiger partial charge in [-0.3, -0.25) is 0 Å². The molecule has 0 atom stereocenters. The molecule has 1 fully saturated rings. The summed E-state index contributed by atoms with van der Waals surface area (Å²) in [5.74, 6) is 0.717. The Bertz CT molecular complexity index is 223. The first-order valence-electron chi connectivity index (χ1n) is 6.41. The van der Waals surface area contributed by atoms with Gasteiger partial charge in [-0.05, 0) is 58.3 Å². The maximum Gasteiger partial charge on any atom is 0.0985 e. The molecule has 1 rings (SSSR count). The van der Waals surface area contributed by atoms with Crippen molar-refractivity contribution in [3.8, 4) is 0 Å². The van der Waals surface area contributed by atoms with E-state index >= 15 is 0 Å². The maximum absolute atomic E-state index is 5.58. The Labute approximate surface area is 101 Å². The van der Waals surface area contributed by atoms with Gasteiger partial charge in [0.2, 0.25) is 0 Å². The Balaban J connectivity index is 2.88. The molecule has 0 aromatic rings. The first-order chi connectivity index (χ1) is 7.04. The summed E-state index contributed by atoms with van der Waals surface area (Å²) in [6.07, 6.45) is 3.34. The molecule has 1 heterocycles. The normalized spacial score (nSPS) is 27.8. The number of hydrogen-bond acceptors (Lipinski definition) is 2. The quantitative estimate of drug-likeness (QED) is 0.655. The lowest BCUT2D eigenvalue weighted by Gasteiger charge is -2.36. The second kappa shape index (κ2) is 4.30. The van der Waals surface area contributed by atoms with Gasteiger partial charge in [-0.2, -0.15) is 0 Å². The van der Waals surface area contributed by atoms with E-state index in [0.717, 1.165) is 18.8 Å². The molecule has 0 aliphatic carbocycles. The molecule has 0 aromatic heterocycles. The molecule has 2 heteroatoms. The Hall–Kier alpha value is -0.0800. The van der Waals surface area contributed by atoms with Crippen LogP contribution in [0.4, 0.5) is 0 Å². The predicted molar refractivity (Wildman–Crippen MR) is 67.1 cm³/mol. The minimum absolute atomic E-state index is 0.183. The van der Waals surface area contributed by atoms with Gasteiger partial charge in [0.25, 0.3) is 0 Å². The summed E-state index contributed by atoms with van der Waals surface area (Å²) in [5, 5.41) is 0. The molecule has 0 saturated carbocycles. The highest BCUT2D eigenvalue weighted by Gasteiger charge is 2.43. The number of rotatable bonds is 2. The van der Waals surface area contributed by atoms with Crippen LogP contribution >= 0.6 is 0 Å². The van der Waals surface area contributed by atoms with Gasteiger partial charge in [0, 0.05) is 0 Å². The molecule has 0 spiro atoms. The molecule has 0 N–H and O–H groups in total. The predicted octanol–water partition coefficient (Wildman–Crippen LogP) is 4.34. The molecule has 0 bridgehead atoms. The molecule has 0 amide bonds. The SMILES string of the molecule is CC(C)CC1(C)CC(C)(C)OOC(C)(C)C1. The molecule has 1 saturated heterocycles. The van der Waals surface area contributed by atoms with E-state index < -0.39 is 0 Å². The average molecular weight is 228 g/mol. The maximum atomic E-state index is 5.58. The zero-order valence-electron chi connectivity index (χ0n) is 12.0. The van der Waals surface area contributed by atoms with Gasteiger partial charge in [0.1, 0.15) is 0 Å². The zero-order valence-corrected chi connectivity index (χ0v) is 12.0. The van der Waals surface area contributed by atoms with Crippen molar-refractivity contribution < 1.29 is 9.78 Å². The molecular formula is C14H28O2. The van der Waals surface area contributed by atoms with E-state index in [9.17, 15) is 0 Å². The van der Waals surface area contributed by atoms with Crippen LogP contribution in [-0.2, 0) is 9.78 Å². The summed E-state index contributed by atoms with van der Waals surface area (Å²) >= 11 is 0. The molecule has 1 aliphatic rings. The lowest BCUT2D eigenvalue weighted by Crippen LogP contribution is -2.32. The molecule has 0 aromatic carbocycles. The second-order valence-electron chi connectivity index (χ2n) is 7.45. The van der Waals surface area contributed by atoms with Crippen LogP contribution in [0.3, 0.4) is 0 Å². The summed E-state index contributed by atoms with van der Waals surface area (Å²) in [7, 11) is 0. The third-order valence-corrected chi connectivity index (χ3v) is 3.10. The fourth-order valence-electron chi connectivity index (χ4n) is 3.53. The van der Waals surface area contributed by atoms with E-state index in [-0.39, 0.29) is 11.2 Å². The van der Waals surface area contributed by atoms with Gasteiger partial charge in [0.05, 0.1) is 11.2 Å². The van der Waals surface area contributed by atoms with Gasteiger partial charge in [-0.25, -0.2) is 9.78 Å². The number of hydrogen-bond donors (Lipinski definition) is 0. The van der Waals surface area contributed by atoms with Crippen molar-refractivity contribution in [3.63, 3.8) is 0 Å². The van der Waals surface area contributed by atoms with Crippen molar-refractivity contribution >= 4 is 0 Å². The Kier molecular flexibility index (Phi) is 3.76. The van der Waals surface area contributed by atoms with Crippen LogP contribution in [0.2, 0.25) is 0 Å². The molecule has 0 radical (unpaired) electrons. The minimum Gasteiger partial charge on any atom is -0.230 e. The van der Waals surface area contributed by atoms with Gasteiger partial charge in [-0.15, -0.1) is 0 Å². The van der Waals surface area contributed by atoms with Gasteiger partial charge >= 0.3 is 0 Å². The van der Waals surface area contributed by atoms with Gasteiger partial charge < -0.3 is 0 Å². The van der Waals surface area contributed by atoms with Crippen LogP contribution in [-0.4, -0.2) is 11.2 Å². The van der Waals surface area contributed by atoms with Crippen LogP contribution in [0.5, 0.6) is 0 Å². The van der Waals surface area contributed by atoms with Crippen molar-refractivity contribution in [2.24, 2.45) is 11.3 Å². The van der Waals surface area contributed by atoms with E-state index in [1.54, 1.807) is 0 Å². The Morgan fingerprint density at radius 1 is 0.875 bits per heavy atom. The Morgan fingerprint density at radius 2 is 1.25 bits per heavy atom. The minimum atomic E-state index is -0.183. The van der Waals surface area contributed by atoms with Crippen LogP contribution in [0.25, 0.3) is 0 Å². The third kappa shape index (κ3) is 4.06. The van der Waals surface area contributed by atoms with Crippen molar-refractivity contribution in [3.05, 3.63) is 0 Å². The van der Waals surface area contributed by atoms with E-state index in [0.29, 0.717) is 5.41 Å². The molecule has 1 aliphatic heterocycles. The van der Waals surface area contributed by atoms with Crippen LogP contribution in [0, 0.1) is 11.3 Å². The fraction of sp³-hybridized carbons (Fsp3) is 1.00. The highest BCUT2D eigenvalue weighted by molar-refractivity contribution is 4.90. The summed E-state index contributed by atoms with van der Waals surface area (Å²) in [5.41, 5.74) is -0.0630. The highest BCUT2D eigenvalue weighted by Crippen LogP contribution is 2.46. The second-order valence-corrected chi connectivity index (χ2v) is 7.45. The first kappa shape index (κ1) is 14.0. The van der Waals surface area contributed by atoms with E-state index in [4.69, 9.17) is 9.78 Å². The third-order valence-electron chi connectivity index (χ3n) is 3.10. The zero-order chi connectivity index (χ0) is 12.6. The highest BCUT2D eigenvalue weighted by atomic mass is 17.2. The lowest BCUT2D eigenvalue weighted by atomic mass is 9.69. The summed E-state index contributed by atoms with van der Waals surface area (Å²) in [6, 6.07) is 0. The van der Waals surface area contributed by atoms with E-state index in [1.807, 2.05) is 0 Å². The van der Waals surface area contributed by atoms with Crippen molar-refractivity contribution in [2.45, 2.75) is 78.9 Å². The first-order valence-corrected chi connectivity index (χ1v) is 6.41. The fourth-order valence-corrected chi connectivity index (χ4v) is 3.53. The van der Waals surface area contributed by atoms with E-state index in [1.165, 1.54) is 6.42 Å². The van der Waals surface area contributed by atoms with Crippen molar-refractivity contribution in [1.29, 1.82) is 0 Å². The Morgan fingerprint density at radius 3 is 1.56 bits per heavy atom. The lowest BCUT2D eigenvalue weighted by molar-refractivity contribution is -0.393.